The molecular formula is C21H25N3O3. The van der Waals surface area contributed by atoms with E-state index in [1.54, 1.807) is 13.3 Å². The van der Waals surface area contributed by atoms with Gasteiger partial charge in [0.25, 0.3) is 5.91 Å². The van der Waals surface area contributed by atoms with Crippen molar-refractivity contribution in [3.63, 3.8) is 0 Å². The highest BCUT2D eigenvalue weighted by molar-refractivity contribution is 5.95. The molecule has 142 valence electrons. The lowest BCUT2D eigenvalue weighted by atomic mass is 9.78. The normalized spacial score (nSPS) is 20.3. The fourth-order valence-electron chi connectivity index (χ4n) is 4.04. The summed E-state index contributed by atoms with van der Waals surface area (Å²) in [5.74, 6) is 2.18. The molecule has 1 aromatic heterocycles. The molecule has 1 aromatic carbocycles. The van der Waals surface area contributed by atoms with Gasteiger partial charge in [-0.05, 0) is 55.2 Å². The van der Waals surface area contributed by atoms with Crippen LogP contribution in [0.3, 0.4) is 0 Å². The van der Waals surface area contributed by atoms with Crippen LogP contribution < -0.4 is 10.1 Å². The van der Waals surface area contributed by atoms with Crippen LogP contribution in [0.2, 0.25) is 0 Å². The minimum Gasteiger partial charge on any atom is -0.497 e. The third-order valence-electron chi connectivity index (χ3n) is 5.60. The molecule has 2 saturated heterocycles. The summed E-state index contributed by atoms with van der Waals surface area (Å²) >= 11 is 0. The second kappa shape index (κ2) is 7.56. The van der Waals surface area contributed by atoms with Crippen molar-refractivity contribution in [3.05, 3.63) is 54.2 Å². The molecule has 3 heterocycles. The highest BCUT2D eigenvalue weighted by Gasteiger charge is 2.54. The maximum absolute atomic E-state index is 12.7. The highest BCUT2D eigenvalue weighted by atomic mass is 16.5. The zero-order valence-electron chi connectivity index (χ0n) is 15.6. The predicted molar refractivity (Wildman–Crippen MR) is 103 cm³/mol. The van der Waals surface area contributed by atoms with E-state index in [0.29, 0.717) is 24.6 Å². The van der Waals surface area contributed by atoms with Gasteiger partial charge in [0.15, 0.2) is 0 Å². The van der Waals surface area contributed by atoms with Gasteiger partial charge in [-0.2, -0.15) is 0 Å². The van der Waals surface area contributed by atoms with Gasteiger partial charge in [-0.1, -0.05) is 6.07 Å². The van der Waals surface area contributed by atoms with E-state index in [0.717, 1.165) is 37.6 Å². The second-order valence-corrected chi connectivity index (χ2v) is 7.22. The third-order valence-corrected chi connectivity index (χ3v) is 5.60. The number of methoxy groups -OCH3 is 1. The first-order chi connectivity index (χ1) is 13.2. The number of likely N-dealkylation sites (tertiary alicyclic amines) is 1. The summed E-state index contributed by atoms with van der Waals surface area (Å²) in [6, 6.07) is 13.1. The van der Waals surface area contributed by atoms with E-state index >= 15 is 0 Å². The Morgan fingerprint density at radius 3 is 2.81 bits per heavy atom. The number of hydrogen-bond acceptors (Lipinski definition) is 5. The Hall–Kier alpha value is -2.60. The van der Waals surface area contributed by atoms with Gasteiger partial charge in [-0.15, -0.1) is 0 Å². The van der Waals surface area contributed by atoms with Gasteiger partial charge >= 0.3 is 0 Å². The summed E-state index contributed by atoms with van der Waals surface area (Å²) in [6.07, 6.45) is 3.85. The van der Waals surface area contributed by atoms with Gasteiger partial charge in [0.1, 0.15) is 17.2 Å². The van der Waals surface area contributed by atoms with Crippen LogP contribution in [0.5, 0.6) is 5.75 Å². The topological polar surface area (TPSA) is 63.7 Å². The summed E-state index contributed by atoms with van der Waals surface area (Å²) in [4.78, 5) is 18.9. The van der Waals surface area contributed by atoms with E-state index in [2.05, 4.69) is 10.3 Å². The molecule has 2 fully saturated rings. The van der Waals surface area contributed by atoms with Gasteiger partial charge in [0, 0.05) is 24.9 Å². The Labute approximate surface area is 159 Å². The Morgan fingerprint density at radius 2 is 2.11 bits per heavy atom. The number of ether oxygens (including phenoxy) is 2. The summed E-state index contributed by atoms with van der Waals surface area (Å²) in [6.45, 7) is 2.98. The average molecular weight is 367 g/mol. The molecule has 6 heteroatoms. The first-order valence-corrected chi connectivity index (χ1v) is 9.42. The number of nitrogens with one attached hydrogen (secondary N) is 1. The molecule has 2 aliphatic rings. The Kier molecular flexibility index (Phi) is 4.99. The number of pyridine rings is 1. The highest BCUT2D eigenvalue weighted by Crippen LogP contribution is 2.42. The number of amides is 1. The first kappa shape index (κ1) is 17.8. The zero-order valence-corrected chi connectivity index (χ0v) is 15.6. The van der Waals surface area contributed by atoms with Gasteiger partial charge in [0.05, 0.1) is 20.2 Å². The van der Waals surface area contributed by atoms with Gasteiger partial charge in [0.2, 0.25) is 0 Å². The number of aromatic nitrogens is 1. The summed E-state index contributed by atoms with van der Waals surface area (Å²) in [7, 11) is 1.62. The van der Waals surface area contributed by atoms with Crippen LogP contribution in [0.15, 0.2) is 48.7 Å². The molecule has 1 atom stereocenters. The Bertz CT molecular complexity index is 773. The van der Waals surface area contributed by atoms with E-state index in [-0.39, 0.29) is 11.5 Å². The molecule has 0 radical (unpaired) electrons. The molecule has 27 heavy (non-hydrogen) atoms. The molecule has 0 saturated carbocycles. The van der Waals surface area contributed by atoms with E-state index in [1.165, 1.54) is 0 Å². The molecule has 0 aliphatic carbocycles. The number of benzene rings is 1. The van der Waals surface area contributed by atoms with Crippen LogP contribution in [-0.2, 0) is 4.74 Å². The van der Waals surface area contributed by atoms with E-state index in [9.17, 15) is 4.79 Å². The van der Waals surface area contributed by atoms with Crippen molar-refractivity contribution in [1.29, 1.82) is 0 Å². The molecule has 6 nitrogen and oxygen atoms in total. The zero-order chi connectivity index (χ0) is 18.7. The quantitative estimate of drug-likeness (QED) is 0.851. The monoisotopic (exact) mass is 367 g/mol. The van der Waals surface area contributed by atoms with Crippen molar-refractivity contribution >= 4 is 11.7 Å². The molecule has 1 spiro atoms. The number of carbonyl (C=O) groups excluding carboxylic acids is 1. The van der Waals surface area contributed by atoms with Crippen LogP contribution in [0.4, 0.5) is 5.82 Å². The molecule has 1 unspecified atom stereocenters. The van der Waals surface area contributed by atoms with Crippen LogP contribution in [0.25, 0.3) is 0 Å². The molecule has 1 N–H and O–H groups in total. The average Bonchev–Trinajstić information content (AvgIpc) is 3.11. The second-order valence-electron chi connectivity index (χ2n) is 7.22. The molecule has 2 aromatic rings. The lowest BCUT2D eigenvalue weighted by Crippen LogP contribution is -2.66. The van der Waals surface area contributed by atoms with Crippen molar-refractivity contribution in [2.45, 2.75) is 18.4 Å². The number of anilines is 1. The predicted octanol–water partition coefficient (Wildman–Crippen LogP) is 2.82. The SMILES string of the molecule is COc1ccc(C(=O)N2CC3(C2)OCCC3CCNc2ccccn2)cc1. The van der Waals surface area contributed by atoms with Gasteiger partial charge in [-0.3, -0.25) is 4.79 Å². The third kappa shape index (κ3) is 3.62. The fourth-order valence-corrected chi connectivity index (χ4v) is 4.04. The summed E-state index contributed by atoms with van der Waals surface area (Å²) in [5.41, 5.74) is 0.519. The first-order valence-electron chi connectivity index (χ1n) is 9.42. The van der Waals surface area contributed by atoms with Crippen molar-refractivity contribution < 1.29 is 14.3 Å². The molecule has 0 bridgehead atoms. The summed E-state index contributed by atoms with van der Waals surface area (Å²) < 4.78 is 11.2. The largest absolute Gasteiger partial charge is 0.497 e. The molecular weight excluding hydrogens is 342 g/mol. The van der Waals surface area contributed by atoms with Gasteiger partial charge in [-0.25, -0.2) is 4.98 Å². The Morgan fingerprint density at radius 1 is 1.30 bits per heavy atom. The standard InChI is InChI=1S/C21H25N3O3/c1-26-18-7-5-16(6-8-18)20(25)24-14-21(15-24)17(10-13-27-21)9-12-23-19-4-2-3-11-22-19/h2-8,11,17H,9-10,12-15H2,1H3,(H,22,23). The Balaban J connectivity index is 1.31. The lowest BCUT2D eigenvalue weighted by molar-refractivity contribution is -0.117. The maximum atomic E-state index is 12.7. The van der Waals surface area contributed by atoms with Crippen LogP contribution >= 0.6 is 0 Å². The maximum Gasteiger partial charge on any atom is 0.254 e. The lowest BCUT2D eigenvalue weighted by Gasteiger charge is -2.50. The molecule has 4 rings (SSSR count). The number of nitrogens with zero attached hydrogens (tertiary/aromatic N) is 2. The minimum absolute atomic E-state index is 0.0594. The smallest absolute Gasteiger partial charge is 0.254 e. The van der Waals surface area contributed by atoms with Crippen molar-refractivity contribution in [2.75, 3.05) is 38.7 Å². The molecule has 2 aliphatic heterocycles. The van der Waals surface area contributed by atoms with Crippen molar-refractivity contribution in [1.82, 2.24) is 9.88 Å². The van der Waals surface area contributed by atoms with E-state index in [4.69, 9.17) is 9.47 Å². The van der Waals surface area contributed by atoms with E-state index in [1.807, 2.05) is 47.4 Å². The summed E-state index contributed by atoms with van der Waals surface area (Å²) in [5, 5.41) is 3.37. The van der Waals surface area contributed by atoms with Crippen LogP contribution in [0.1, 0.15) is 23.2 Å². The minimum atomic E-state index is -0.173. The van der Waals surface area contributed by atoms with Crippen molar-refractivity contribution in [2.24, 2.45) is 5.92 Å². The number of carbonyl (C=O) groups is 1. The van der Waals surface area contributed by atoms with Crippen LogP contribution in [-0.4, -0.2) is 54.7 Å². The molecule has 1 amide bonds. The number of hydrogen-bond donors (Lipinski definition) is 1. The van der Waals surface area contributed by atoms with Gasteiger partial charge < -0.3 is 19.7 Å². The fraction of sp³-hybridized carbons (Fsp3) is 0.429. The van der Waals surface area contributed by atoms with Crippen molar-refractivity contribution in [3.8, 4) is 5.75 Å². The van der Waals surface area contributed by atoms with Crippen LogP contribution in [0, 0.1) is 5.92 Å². The van der Waals surface area contributed by atoms with E-state index < -0.39 is 0 Å². The number of rotatable bonds is 6.